The second-order valence-electron chi connectivity index (χ2n) is 6.65. The van der Waals surface area contributed by atoms with E-state index >= 15 is 0 Å². The lowest BCUT2D eigenvalue weighted by Gasteiger charge is -2.30. The van der Waals surface area contributed by atoms with Crippen LogP contribution in [0.4, 0.5) is 5.82 Å². The number of amides is 1. The average Bonchev–Trinajstić information content (AvgIpc) is 3.15. The van der Waals surface area contributed by atoms with Crippen molar-refractivity contribution in [3.05, 3.63) is 60.1 Å². The highest BCUT2D eigenvalue weighted by Gasteiger charge is 2.34. The molecule has 2 heterocycles. The van der Waals surface area contributed by atoms with Gasteiger partial charge in [-0.15, -0.1) is 0 Å². The predicted octanol–water partition coefficient (Wildman–Crippen LogP) is 1.47. The molecule has 3 rings (SSSR count). The molecule has 0 saturated carbocycles. The zero-order valence-corrected chi connectivity index (χ0v) is 16.1. The average molecular weight is 399 g/mol. The van der Waals surface area contributed by atoms with E-state index in [9.17, 15) is 4.79 Å². The van der Waals surface area contributed by atoms with Crippen molar-refractivity contribution in [2.24, 2.45) is 0 Å². The predicted molar refractivity (Wildman–Crippen MR) is 108 cm³/mol. The van der Waals surface area contributed by atoms with E-state index in [-0.39, 0.29) is 5.54 Å². The second kappa shape index (κ2) is 10.9. The van der Waals surface area contributed by atoms with Gasteiger partial charge < -0.3 is 15.7 Å². The number of nitrogens with zero attached hydrogens (tertiary/aromatic N) is 2. The first-order valence-corrected chi connectivity index (χ1v) is 9.09. The molecule has 1 saturated heterocycles. The van der Waals surface area contributed by atoms with Crippen molar-refractivity contribution < 1.29 is 19.9 Å². The number of carboxylic acid groups (broad SMARTS) is 1. The summed E-state index contributed by atoms with van der Waals surface area (Å²) < 4.78 is 0. The SMILES string of the molecule is CC(=O)O.O=C(/C=C/c1cnc(N[C@]2(Cc3ccccc3)CCNC2)cn1)NO. The third kappa shape index (κ3) is 7.68. The first-order chi connectivity index (χ1) is 13.9. The molecule has 1 fully saturated rings. The summed E-state index contributed by atoms with van der Waals surface area (Å²) in [6, 6.07) is 10.4. The van der Waals surface area contributed by atoms with Crippen LogP contribution in [0.15, 0.2) is 48.8 Å². The third-order valence-corrected chi connectivity index (χ3v) is 4.21. The van der Waals surface area contributed by atoms with Crippen LogP contribution in [-0.2, 0) is 16.0 Å². The standard InChI is InChI=1S/C18H21N5O2.C2H4O2/c24-17(23-25)7-6-15-11-21-16(12-20-15)22-18(8-9-19-13-18)10-14-4-2-1-3-5-14;1-2(3)4/h1-7,11-12,19,25H,8-10,13H2,(H,21,22)(H,23,24);1H3,(H,3,4)/b7-6+;/t18-;/m0./s1. The van der Waals surface area contributed by atoms with Gasteiger partial charge in [-0.3, -0.25) is 19.8 Å². The number of aromatic nitrogens is 2. The van der Waals surface area contributed by atoms with Crippen molar-refractivity contribution in [2.75, 3.05) is 18.4 Å². The Morgan fingerprint density at radius 3 is 2.52 bits per heavy atom. The summed E-state index contributed by atoms with van der Waals surface area (Å²) in [6.45, 7) is 2.91. The molecule has 1 aliphatic heterocycles. The van der Waals surface area contributed by atoms with Crippen LogP contribution in [-0.4, -0.2) is 50.8 Å². The topological polar surface area (TPSA) is 136 Å². The molecule has 1 aromatic carbocycles. The number of anilines is 1. The minimum atomic E-state index is -0.833. The molecule has 1 atom stereocenters. The van der Waals surface area contributed by atoms with Crippen molar-refractivity contribution in [3.63, 3.8) is 0 Å². The molecular formula is C20H25N5O4. The number of nitrogens with one attached hydrogen (secondary N) is 3. The van der Waals surface area contributed by atoms with Gasteiger partial charge in [0.05, 0.1) is 23.6 Å². The molecule has 0 aliphatic carbocycles. The van der Waals surface area contributed by atoms with Crippen molar-refractivity contribution in [1.29, 1.82) is 0 Å². The molecule has 0 radical (unpaired) electrons. The van der Waals surface area contributed by atoms with Crippen LogP contribution in [0.5, 0.6) is 0 Å². The van der Waals surface area contributed by atoms with E-state index in [1.807, 2.05) is 6.07 Å². The van der Waals surface area contributed by atoms with Crippen molar-refractivity contribution in [1.82, 2.24) is 20.8 Å². The van der Waals surface area contributed by atoms with Crippen LogP contribution in [0.1, 0.15) is 24.6 Å². The number of rotatable bonds is 6. The third-order valence-electron chi connectivity index (χ3n) is 4.21. The zero-order chi connectivity index (χ0) is 21.1. The number of hydrogen-bond donors (Lipinski definition) is 5. The summed E-state index contributed by atoms with van der Waals surface area (Å²) in [5.41, 5.74) is 3.25. The summed E-state index contributed by atoms with van der Waals surface area (Å²) in [7, 11) is 0. The maximum Gasteiger partial charge on any atom is 0.300 e. The molecule has 1 aliphatic rings. The quantitative estimate of drug-likeness (QED) is 0.280. The molecule has 9 heteroatoms. The maximum absolute atomic E-state index is 11.0. The molecule has 29 heavy (non-hydrogen) atoms. The van der Waals surface area contributed by atoms with Gasteiger partial charge in [-0.1, -0.05) is 30.3 Å². The van der Waals surface area contributed by atoms with E-state index in [0.717, 1.165) is 32.9 Å². The van der Waals surface area contributed by atoms with Gasteiger partial charge in [0, 0.05) is 19.5 Å². The van der Waals surface area contributed by atoms with Crippen LogP contribution in [0.3, 0.4) is 0 Å². The summed E-state index contributed by atoms with van der Waals surface area (Å²) in [5, 5.41) is 22.8. The number of carbonyl (C=O) groups excluding carboxylic acids is 1. The van der Waals surface area contributed by atoms with Gasteiger partial charge in [-0.2, -0.15) is 0 Å². The lowest BCUT2D eigenvalue weighted by Crippen LogP contribution is -2.43. The fraction of sp³-hybridized carbons (Fsp3) is 0.300. The highest BCUT2D eigenvalue weighted by atomic mass is 16.5. The van der Waals surface area contributed by atoms with Gasteiger partial charge in [0.25, 0.3) is 11.9 Å². The highest BCUT2D eigenvalue weighted by Crippen LogP contribution is 2.25. The molecule has 154 valence electrons. The Morgan fingerprint density at radius 2 is 1.97 bits per heavy atom. The molecule has 0 bridgehead atoms. The zero-order valence-electron chi connectivity index (χ0n) is 16.1. The monoisotopic (exact) mass is 399 g/mol. The molecule has 5 N–H and O–H groups in total. The minimum Gasteiger partial charge on any atom is -0.481 e. The van der Waals surface area contributed by atoms with E-state index < -0.39 is 11.9 Å². The fourth-order valence-electron chi connectivity index (χ4n) is 2.99. The number of carbonyl (C=O) groups is 2. The number of benzene rings is 1. The Balaban J connectivity index is 0.000000687. The lowest BCUT2D eigenvalue weighted by molar-refractivity contribution is -0.134. The highest BCUT2D eigenvalue weighted by molar-refractivity contribution is 5.90. The van der Waals surface area contributed by atoms with Gasteiger partial charge in [0.1, 0.15) is 5.82 Å². The number of hydroxylamine groups is 1. The van der Waals surface area contributed by atoms with Crippen molar-refractivity contribution in [3.8, 4) is 0 Å². The van der Waals surface area contributed by atoms with Crippen molar-refractivity contribution in [2.45, 2.75) is 25.3 Å². The van der Waals surface area contributed by atoms with Crippen LogP contribution in [0, 0.1) is 0 Å². The van der Waals surface area contributed by atoms with Crippen LogP contribution in [0.2, 0.25) is 0 Å². The number of aliphatic carboxylic acids is 1. The Bertz CT molecular complexity index is 815. The van der Waals surface area contributed by atoms with E-state index in [0.29, 0.717) is 11.5 Å². The van der Waals surface area contributed by atoms with Gasteiger partial charge in [0.2, 0.25) is 0 Å². The lowest BCUT2D eigenvalue weighted by atomic mass is 9.90. The summed E-state index contributed by atoms with van der Waals surface area (Å²) >= 11 is 0. The number of carboxylic acids is 1. The molecule has 1 amide bonds. The van der Waals surface area contributed by atoms with E-state index in [1.54, 1.807) is 12.4 Å². The number of hydrogen-bond acceptors (Lipinski definition) is 7. The minimum absolute atomic E-state index is 0.0931. The molecule has 2 aromatic rings. The molecule has 0 unspecified atom stereocenters. The first kappa shape index (κ1) is 22.0. The maximum atomic E-state index is 11.0. The Morgan fingerprint density at radius 1 is 1.24 bits per heavy atom. The van der Waals surface area contributed by atoms with Crippen LogP contribution in [0.25, 0.3) is 6.08 Å². The van der Waals surface area contributed by atoms with Gasteiger partial charge in [-0.05, 0) is 31.0 Å². The largest absolute Gasteiger partial charge is 0.481 e. The van der Waals surface area contributed by atoms with E-state index in [4.69, 9.17) is 15.1 Å². The second-order valence-corrected chi connectivity index (χ2v) is 6.65. The van der Waals surface area contributed by atoms with E-state index in [2.05, 4.69) is 44.9 Å². The Labute approximate surface area is 168 Å². The molecule has 9 nitrogen and oxygen atoms in total. The summed E-state index contributed by atoms with van der Waals surface area (Å²) in [5.74, 6) is -0.744. The molecular weight excluding hydrogens is 374 g/mol. The van der Waals surface area contributed by atoms with Gasteiger partial charge in [0.15, 0.2) is 0 Å². The van der Waals surface area contributed by atoms with E-state index in [1.165, 1.54) is 23.2 Å². The fourth-order valence-corrected chi connectivity index (χ4v) is 2.99. The molecule has 0 spiro atoms. The van der Waals surface area contributed by atoms with Crippen molar-refractivity contribution >= 4 is 23.8 Å². The normalized spacial score (nSPS) is 18.0. The Hall–Kier alpha value is -3.30. The van der Waals surface area contributed by atoms with Gasteiger partial charge >= 0.3 is 0 Å². The first-order valence-electron chi connectivity index (χ1n) is 9.09. The summed E-state index contributed by atoms with van der Waals surface area (Å²) in [4.78, 5) is 28.6. The van der Waals surface area contributed by atoms with Gasteiger partial charge in [-0.25, -0.2) is 10.5 Å². The molecule has 1 aromatic heterocycles. The van der Waals surface area contributed by atoms with Crippen LogP contribution < -0.4 is 16.1 Å². The Kier molecular flexibility index (Phi) is 8.26. The smallest absolute Gasteiger partial charge is 0.300 e. The van der Waals surface area contributed by atoms with Crippen LogP contribution >= 0.6 is 0 Å². The summed E-state index contributed by atoms with van der Waals surface area (Å²) in [6.07, 6.45) is 7.82.